The summed E-state index contributed by atoms with van der Waals surface area (Å²) in [5.41, 5.74) is 5.78. The fraction of sp³-hybridized carbons (Fsp3) is 0.308. The zero-order chi connectivity index (χ0) is 13.0. The highest BCUT2D eigenvalue weighted by atomic mass is 19.1. The molecular formula is C13H15FN2O2. The standard InChI is InChI=1S/C13H15FN2O2/c1-17-9-4-5-10(11(14)7-9)12-8-16-13(18-12)3-2-6-15/h4-5,7-8H,2-3,6,15H2,1H3. The van der Waals surface area contributed by atoms with Crippen LogP contribution in [0.3, 0.4) is 0 Å². The first kappa shape index (κ1) is 12.6. The maximum atomic E-state index is 13.8. The SMILES string of the molecule is COc1ccc(-c2cnc(CCCN)o2)c(F)c1. The van der Waals surface area contributed by atoms with Gasteiger partial charge in [-0.25, -0.2) is 9.37 Å². The maximum Gasteiger partial charge on any atom is 0.194 e. The fourth-order valence-corrected chi connectivity index (χ4v) is 1.63. The molecule has 1 aromatic carbocycles. The molecule has 5 heteroatoms. The number of rotatable bonds is 5. The van der Waals surface area contributed by atoms with Crippen LogP contribution in [-0.4, -0.2) is 18.6 Å². The summed E-state index contributed by atoms with van der Waals surface area (Å²) >= 11 is 0. The molecule has 0 aliphatic rings. The van der Waals surface area contributed by atoms with Gasteiger partial charge in [0.15, 0.2) is 11.7 Å². The van der Waals surface area contributed by atoms with E-state index in [9.17, 15) is 4.39 Å². The Morgan fingerprint density at radius 3 is 2.94 bits per heavy atom. The van der Waals surface area contributed by atoms with Gasteiger partial charge in [0.1, 0.15) is 11.6 Å². The van der Waals surface area contributed by atoms with Crippen LogP contribution in [0.4, 0.5) is 4.39 Å². The molecule has 1 aromatic heterocycles. The lowest BCUT2D eigenvalue weighted by Crippen LogP contribution is -2.00. The Bertz CT molecular complexity index is 525. The third-order valence-electron chi connectivity index (χ3n) is 2.59. The summed E-state index contributed by atoms with van der Waals surface area (Å²) < 4.78 is 24.2. The molecule has 0 saturated carbocycles. The summed E-state index contributed by atoms with van der Waals surface area (Å²) in [6.07, 6.45) is 2.98. The average molecular weight is 250 g/mol. The smallest absolute Gasteiger partial charge is 0.194 e. The lowest BCUT2D eigenvalue weighted by molar-refractivity contribution is 0.411. The Hall–Kier alpha value is -1.88. The van der Waals surface area contributed by atoms with Crippen molar-refractivity contribution in [2.24, 2.45) is 5.73 Å². The molecule has 2 N–H and O–H groups in total. The Morgan fingerprint density at radius 2 is 2.28 bits per heavy atom. The van der Waals surface area contributed by atoms with Crippen LogP contribution in [0.5, 0.6) is 5.75 Å². The summed E-state index contributed by atoms with van der Waals surface area (Å²) in [5.74, 6) is 1.07. The van der Waals surface area contributed by atoms with Crippen molar-refractivity contribution in [3.63, 3.8) is 0 Å². The summed E-state index contributed by atoms with van der Waals surface area (Å²) in [4.78, 5) is 4.09. The largest absolute Gasteiger partial charge is 0.497 e. The molecule has 0 bridgehead atoms. The molecule has 0 amide bonds. The molecule has 1 heterocycles. The van der Waals surface area contributed by atoms with E-state index < -0.39 is 5.82 Å². The molecule has 2 rings (SSSR count). The Morgan fingerprint density at radius 1 is 1.44 bits per heavy atom. The van der Waals surface area contributed by atoms with E-state index in [2.05, 4.69) is 4.98 Å². The van der Waals surface area contributed by atoms with E-state index in [0.29, 0.717) is 35.9 Å². The Balaban J connectivity index is 2.23. The molecule has 18 heavy (non-hydrogen) atoms. The maximum absolute atomic E-state index is 13.8. The second-order valence-corrected chi connectivity index (χ2v) is 3.86. The van der Waals surface area contributed by atoms with Crippen LogP contribution in [-0.2, 0) is 6.42 Å². The highest BCUT2D eigenvalue weighted by molar-refractivity contribution is 5.58. The van der Waals surface area contributed by atoms with Gasteiger partial charge in [0.25, 0.3) is 0 Å². The molecule has 0 spiro atoms. The molecular weight excluding hydrogens is 235 g/mol. The van der Waals surface area contributed by atoms with Crippen LogP contribution in [0.25, 0.3) is 11.3 Å². The Labute approximate surface area is 105 Å². The van der Waals surface area contributed by atoms with E-state index in [0.717, 1.165) is 6.42 Å². The third-order valence-corrected chi connectivity index (χ3v) is 2.59. The van der Waals surface area contributed by atoms with Crippen molar-refractivity contribution in [3.8, 4) is 17.1 Å². The van der Waals surface area contributed by atoms with E-state index in [1.165, 1.54) is 19.4 Å². The van der Waals surface area contributed by atoms with Crippen LogP contribution in [0.2, 0.25) is 0 Å². The first-order chi connectivity index (χ1) is 8.74. The van der Waals surface area contributed by atoms with Gasteiger partial charge in [-0.2, -0.15) is 0 Å². The molecule has 0 fully saturated rings. The van der Waals surface area contributed by atoms with Crippen molar-refractivity contribution in [2.45, 2.75) is 12.8 Å². The van der Waals surface area contributed by atoms with Crippen LogP contribution >= 0.6 is 0 Å². The van der Waals surface area contributed by atoms with Gasteiger partial charge >= 0.3 is 0 Å². The van der Waals surface area contributed by atoms with Gasteiger partial charge in [-0.1, -0.05) is 0 Å². The normalized spacial score (nSPS) is 10.6. The van der Waals surface area contributed by atoms with Crippen molar-refractivity contribution in [1.29, 1.82) is 0 Å². The van der Waals surface area contributed by atoms with E-state index in [4.69, 9.17) is 14.9 Å². The predicted octanol–water partition coefficient (Wildman–Crippen LogP) is 2.38. The van der Waals surface area contributed by atoms with Crippen LogP contribution < -0.4 is 10.5 Å². The molecule has 0 radical (unpaired) electrons. The van der Waals surface area contributed by atoms with Gasteiger partial charge in [0, 0.05) is 12.5 Å². The number of hydrogen-bond donors (Lipinski definition) is 1. The number of oxazole rings is 1. The molecule has 0 unspecified atom stereocenters. The van der Waals surface area contributed by atoms with Crippen molar-refractivity contribution in [2.75, 3.05) is 13.7 Å². The number of nitrogens with zero attached hydrogens (tertiary/aromatic N) is 1. The van der Waals surface area contributed by atoms with Crippen LogP contribution in [0, 0.1) is 5.82 Å². The van der Waals surface area contributed by atoms with E-state index in [-0.39, 0.29) is 0 Å². The molecule has 2 aromatic rings. The van der Waals surface area contributed by atoms with E-state index >= 15 is 0 Å². The summed E-state index contributed by atoms with van der Waals surface area (Å²) in [7, 11) is 1.49. The minimum atomic E-state index is -0.393. The van der Waals surface area contributed by atoms with Crippen LogP contribution in [0.1, 0.15) is 12.3 Å². The topological polar surface area (TPSA) is 61.3 Å². The van der Waals surface area contributed by atoms with Gasteiger partial charge in [-0.15, -0.1) is 0 Å². The number of ether oxygens (including phenoxy) is 1. The number of aromatic nitrogens is 1. The molecule has 0 saturated heterocycles. The summed E-state index contributed by atoms with van der Waals surface area (Å²) in [6, 6.07) is 4.61. The first-order valence-corrected chi connectivity index (χ1v) is 5.73. The zero-order valence-electron chi connectivity index (χ0n) is 10.1. The minimum Gasteiger partial charge on any atom is -0.497 e. The summed E-state index contributed by atoms with van der Waals surface area (Å²) in [6.45, 7) is 0.578. The van der Waals surface area contributed by atoms with Crippen molar-refractivity contribution in [1.82, 2.24) is 4.98 Å². The van der Waals surface area contributed by atoms with E-state index in [1.54, 1.807) is 12.1 Å². The second kappa shape index (κ2) is 5.64. The number of benzene rings is 1. The number of aryl methyl sites for hydroxylation is 1. The molecule has 4 nitrogen and oxygen atoms in total. The molecule has 0 atom stereocenters. The number of nitrogens with two attached hydrogens (primary N) is 1. The fourth-order valence-electron chi connectivity index (χ4n) is 1.63. The summed E-state index contributed by atoms with van der Waals surface area (Å²) in [5, 5.41) is 0. The van der Waals surface area contributed by atoms with Gasteiger partial charge in [0.05, 0.1) is 18.9 Å². The monoisotopic (exact) mass is 250 g/mol. The highest BCUT2D eigenvalue weighted by Gasteiger charge is 2.11. The average Bonchev–Trinajstić information content (AvgIpc) is 2.84. The van der Waals surface area contributed by atoms with Crippen molar-refractivity contribution >= 4 is 0 Å². The van der Waals surface area contributed by atoms with Gasteiger partial charge in [-0.05, 0) is 25.1 Å². The quantitative estimate of drug-likeness (QED) is 0.885. The Kier molecular flexibility index (Phi) is 3.94. The molecule has 0 aliphatic carbocycles. The van der Waals surface area contributed by atoms with Crippen molar-refractivity contribution in [3.05, 3.63) is 36.1 Å². The van der Waals surface area contributed by atoms with Gasteiger partial charge in [-0.3, -0.25) is 0 Å². The highest BCUT2D eigenvalue weighted by Crippen LogP contribution is 2.26. The molecule has 96 valence electrons. The van der Waals surface area contributed by atoms with Crippen molar-refractivity contribution < 1.29 is 13.5 Å². The predicted molar refractivity (Wildman–Crippen MR) is 65.8 cm³/mol. The number of methoxy groups -OCH3 is 1. The van der Waals surface area contributed by atoms with Crippen LogP contribution in [0.15, 0.2) is 28.8 Å². The zero-order valence-corrected chi connectivity index (χ0v) is 10.1. The second-order valence-electron chi connectivity index (χ2n) is 3.86. The number of halogens is 1. The molecule has 0 aliphatic heterocycles. The van der Waals surface area contributed by atoms with Gasteiger partial charge in [0.2, 0.25) is 0 Å². The minimum absolute atomic E-state index is 0.377. The lowest BCUT2D eigenvalue weighted by atomic mass is 10.1. The lowest BCUT2D eigenvalue weighted by Gasteiger charge is -2.02. The van der Waals surface area contributed by atoms with Gasteiger partial charge < -0.3 is 14.9 Å². The van der Waals surface area contributed by atoms with E-state index in [1.807, 2.05) is 0 Å². The third kappa shape index (κ3) is 2.68. The number of hydrogen-bond acceptors (Lipinski definition) is 4. The first-order valence-electron chi connectivity index (χ1n) is 5.73.